The molecule has 0 aromatic heterocycles. The number of ether oxygens (including phenoxy) is 1. The van der Waals surface area contributed by atoms with Crippen LogP contribution in [0.25, 0.3) is 0 Å². The molecule has 1 heterocycles. The predicted molar refractivity (Wildman–Crippen MR) is 69.9 cm³/mol. The molecule has 1 N–H and O–H groups in total. The summed E-state index contributed by atoms with van der Waals surface area (Å²) in [4.78, 5) is 2.33. The molecule has 1 aliphatic heterocycles. The first-order valence-electron chi connectivity index (χ1n) is 6.67. The summed E-state index contributed by atoms with van der Waals surface area (Å²) >= 11 is 0. The van der Waals surface area contributed by atoms with E-state index in [2.05, 4.69) is 17.1 Å². The third kappa shape index (κ3) is 4.53. The first-order chi connectivity index (χ1) is 9.17. The molecule has 0 radical (unpaired) electrons. The Balaban J connectivity index is 1.76. The lowest BCUT2D eigenvalue weighted by molar-refractivity contribution is -0.0253. The van der Waals surface area contributed by atoms with Crippen LogP contribution >= 0.6 is 0 Å². The Bertz CT molecular complexity index is 394. The minimum Gasteiger partial charge on any atom is -0.374 e. The van der Waals surface area contributed by atoms with Crippen LogP contribution < -0.4 is 5.32 Å². The average Bonchev–Trinajstić information content (AvgIpc) is 2.38. The number of hydrogen-bond acceptors (Lipinski definition) is 3. The molecule has 3 nitrogen and oxygen atoms in total. The fourth-order valence-corrected chi connectivity index (χ4v) is 2.28. The molecule has 1 aromatic rings. The quantitative estimate of drug-likeness (QED) is 0.882. The molecule has 0 bridgehead atoms. The van der Waals surface area contributed by atoms with E-state index in [-0.39, 0.29) is 6.10 Å². The smallest absolute Gasteiger partial charge is 0.126 e. The summed E-state index contributed by atoms with van der Waals surface area (Å²) in [6.07, 6.45) is 0.145. The van der Waals surface area contributed by atoms with Crippen molar-refractivity contribution in [2.75, 3.05) is 32.8 Å². The normalized spacial score (nSPS) is 20.7. The van der Waals surface area contributed by atoms with E-state index in [1.807, 2.05) is 0 Å². The van der Waals surface area contributed by atoms with Gasteiger partial charge in [0.05, 0.1) is 12.7 Å². The van der Waals surface area contributed by atoms with Gasteiger partial charge in [-0.05, 0) is 24.2 Å². The summed E-state index contributed by atoms with van der Waals surface area (Å²) < 4.78 is 31.7. The van der Waals surface area contributed by atoms with Crippen LogP contribution in [0.4, 0.5) is 8.78 Å². The van der Waals surface area contributed by atoms with Gasteiger partial charge in [0.15, 0.2) is 0 Å². The van der Waals surface area contributed by atoms with Crippen LogP contribution in [0.1, 0.15) is 12.5 Å². The summed E-state index contributed by atoms with van der Waals surface area (Å²) in [6.45, 7) is 6.91. The largest absolute Gasteiger partial charge is 0.374 e. The van der Waals surface area contributed by atoms with E-state index in [9.17, 15) is 8.78 Å². The van der Waals surface area contributed by atoms with E-state index in [1.165, 1.54) is 12.1 Å². The lowest BCUT2D eigenvalue weighted by Crippen LogP contribution is -2.46. The Morgan fingerprint density at radius 2 is 2.05 bits per heavy atom. The van der Waals surface area contributed by atoms with Crippen molar-refractivity contribution in [2.45, 2.75) is 19.6 Å². The summed E-state index contributed by atoms with van der Waals surface area (Å²) in [6, 6.07) is 3.57. The zero-order valence-electron chi connectivity index (χ0n) is 11.2. The van der Waals surface area contributed by atoms with Crippen molar-refractivity contribution in [2.24, 2.45) is 0 Å². The molecule has 0 amide bonds. The third-order valence-electron chi connectivity index (χ3n) is 3.29. The van der Waals surface area contributed by atoms with Gasteiger partial charge >= 0.3 is 0 Å². The standard InChI is InChI=1S/C14H20F2N2O/c1-2-18-3-4-19-14(10-18)9-17-8-11-5-12(15)7-13(16)6-11/h5-7,14,17H,2-4,8-10H2,1H3. The van der Waals surface area contributed by atoms with Crippen LogP contribution in [-0.4, -0.2) is 43.8 Å². The molecule has 1 atom stereocenters. The monoisotopic (exact) mass is 270 g/mol. The fourth-order valence-electron chi connectivity index (χ4n) is 2.28. The fraction of sp³-hybridized carbons (Fsp3) is 0.571. The summed E-state index contributed by atoms with van der Waals surface area (Å²) in [5.74, 6) is -1.08. The molecule has 1 aromatic carbocycles. The number of morpholine rings is 1. The van der Waals surface area contributed by atoms with Gasteiger partial charge in [-0.3, -0.25) is 4.90 Å². The van der Waals surface area contributed by atoms with Gasteiger partial charge in [0.1, 0.15) is 11.6 Å². The van der Waals surface area contributed by atoms with Crippen LogP contribution in [0.15, 0.2) is 18.2 Å². The molecule has 2 rings (SSSR count). The molecule has 0 saturated carbocycles. The second-order valence-corrected chi connectivity index (χ2v) is 4.79. The third-order valence-corrected chi connectivity index (χ3v) is 3.29. The number of nitrogens with zero attached hydrogens (tertiary/aromatic N) is 1. The highest BCUT2D eigenvalue weighted by molar-refractivity contribution is 5.17. The van der Waals surface area contributed by atoms with Crippen molar-refractivity contribution in [1.29, 1.82) is 0 Å². The summed E-state index contributed by atoms with van der Waals surface area (Å²) in [5, 5.41) is 3.19. The Kier molecular flexibility index (Phi) is 5.24. The van der Waals surface area contributed by atoms with E-state index in [1.54, 1.807) is 0 Å². The van der Waals surface area contributed by atoms with E-state index >= 15 is 0 Å². The number of hydrogen-bond donors (Lipinski definition) is 1. The van der Waals surface area contributed by atoms with E-state index in [4.69, 9.17) is 4.74 Å². The van der Waals surface area contributed by atoms with Crippen LogP contribution in [0.3, 0.4) is 0 Å². The van der Waals surface area contributed by atoms with Gasteiger partial charge in [-0.25, -0.2) is 8.78 Å². The molecule has 0 spiro atoms. The maximum atomic E-state index is 13.0. The van der Waals surface area contributed by atoms with Crippen LogP contribution in [0.2, 0.25) is 0 Å². The van der Waals surface area contributed by atoms with E-state index in [0.717, 1.165) is 32.3 Å². The molecule has 106 valence electrons. The van der Waals surface area contributed by atoms with Gasteiger partial charge in [0, 0.05) is 32.2 Å². The highest BCUT2D eigenvalue weighted by Crippen LogP contribution is 2.08. The lowest BCUT2D eigenvalue weighted by Gasteiger charge is -2.32. The molecular weight excluding hydrogens is 250 g/mol. The molecule has 1 unspecified atom stereocenters. The number of halogens is 2. The van der Waals surface area contributed by atoms with Crippen molar-refractivity contribution in [3.8, 4) is 0 Å². The highest BCUT2D eigenvalue weighted by Gasteiger charge is 2.18. The molecule has 0 aliphatic carbocycles. The Morgan fingerprint density at radius 1 is 1.32 bits per heavy atom. The van der Waals surface area contributed by atoms with E-state index < -0.39 is 11.6 Å². The molecule has 1 aliphatic rings. The minimum atomic E-state index is -0.539. The zero-order valence-corrected chi connectivity index (χ0v) is 11.2. The molecule has 19 heavy (non-hydrogen) atoms. The van der Waals surface area contributed by atoms with Crippen LogP contribution in [0.5, 0.6) is 0 Å². The van der Waals surface area contributed by atoms with Crippen LogP contribution in [0, 0.1) is 11.6 Å². The second kappa shape index (κ2) is 6.93. The number of benzene rings is 1. The highest BCUT2D eigenvalue weighted by atomic mass is 19.1. The maximum Gasteiger partial charge on any atom is 0.126 e. The molecule has 5 heteroatoms. The lowest BCUT2D eigenvalue weighted by atomic mass is 10.2. The Morgan fingerprint density at radius 3 is 2.74 bits per heavy atom. The van der Waals surface area contributed by atoms with Gasteiger partial charge in [0.2, 0.25) is 0 Å². The van der Waals surface area contributed by atoms with Crippen molar-refractivity contribution in [3.63, 3.8) is 0 Å². The number of likely N-dealkylation sites (N-methyl/N-ethyl adjacent to an activating group) is 1. The number of nitrogens with one attached hydrogen (secondary N) is 1. The Hall–Kier alpha value is -1.04. The van der Waals surface area contributed by atoms with Crippen molar-refractivity contribution in [1.82, 2.24) is 10.2 Å². The van der Waals surface area contributed by atoms with Gasteiger partial charge in [-0.1, -0.05) is 6.92 Å². The number of rotatable bonds is 5. The van der Waals surface area contributed by atoms with Gasteiger partial charge < -0.3 is 10.1 Å². The van der Waals surface area contributed by atoms with Crippen molar-refractivity contribution < 1.29 is 13.5 Å². The molecule has 1 fully saturated rings. The first-order valence-corrected chi connectivity index (χ1v) is 6.67. The van der Waals surface area contributed by atoms with Crippen molar-refractivity contribution >= 4 is 0 Å². The van der Waals surface area contributed by atoms with Gasteiger partial charge in [0.25, 0.3) is 0 Å². The van der Waals surface area contributed by atoms with Crippen LogP contribution in [-0.2, 0) is 11.3 Å². The summed E-state index contributed by atoms with van der Waals surface area (Å²) in [5.41, 5.74) is 0.612. The molecular formula is C14H20F2N2O. The zero-order chi connectivity index (χ0) is 13.7. The average molecular weight is 270 g/mol. The first kappa shape index (κ1) is 14.4. The maximum absolute atomic E-state index is 13.0. The molecule has 1 saturated heterocycles. The minimum absolute atomic E-state index is 0.145. The van der Waals surface area contributed by atoms with Crippen molar-refractivity contribution in [3.05, 3.63) is 35.4 Å². The SMILES string of the molecule is CCN1CCOC(CNCc2cc(F)cc(F)c2)C1. The van der Waals surface area contributed by atoms with Gasteiger partial charge in [-0.2, -0.15) is 0 Å². The second-order valence-electron chi connectivity index (χ2n) is 4.79. The van der Waals surface area contributed by atoms with Gasteiger partial charge in [-0.15, -0.1) is 0 Å². The predicted octanol–water partition coefficient (Wildman–Crippen LogP) is 1.78. The topological polar surface area (TPSA) is 24.5 Å². The Labute approximate surface area is 112 Å². The van der Waals surface area contributed by atoms with E-state index in [0.29, 0.717) is 18.7 Å². The summed E-state index contributed by atoms with van der Waals surface area (Å²) in [7, 11) is 0.